The van der Waals surface area contributed by atoms with E-state index in [0.717, 1.165) is 29.3 Å². The average molecular weight is 258 g/mol. The molecule has 18 heavy (non-hydrogen) atoms. The highest BCUT2D eigenvalue weighted by molar-refractivity contribution is 8.05. The Morgan fingerprint density at radius 2 is 2.22 bits per heavy atom. The Balaban J connectivity index is 1.62. The molecule has 3 rings (SSSR count). The van der Waals surface area contributed by atoms with E-state index in [1.807, 2.05) is 42.7 Å². The van der Waals surface area contributed by atoms with Gasteiger partial charge in [-0.05, 0) is 24.6 Å². The quantitative estimate of drug-likeness (QED) is 0.811. The third-order valence-corrected chi connectivity index (χ3v) is 3.92. The van der Waals surface area contributed by atoms with Gasteiger partial charge in [-0.2, -0.15) is 0 Å². The summed E-state index contributed by atoms with van der Waals surface area (Å²) in [7, 11) is 0. The lowest BCUT2D eigenvalue weighted by Gasteiger charge is -2.17. The van der Waals surface area contributed by atoms with Crippen molar-refractivity contribution in [3.05, 3.63) is 63.8 Å². The van der Waals surface area contributed by atoms with Crippen LogP contribution in [0, 0.1) is 6.92 Å². The summed E-state index contributed by atoms with van der Waals surface area (Å²) in [5, 5.41) is 2.03. The first-order valence-corrected chi connectivity index (χ1v) is 6.82. The molecule has 0 fully saturated rings. The summed E-state index contributed by atoms with van der Waals surface area (Å²) in [5.41, 5.74) is 1.14. The lowest BCUT2D eigenvalue weighted by Crippen LogP contribution is -2.07. The van der Waals surface area contributed by atoms with E-state index in [1.54, 1.807) is 11.8 Å². The smallest absolute Gasteiger partial charge is 0.148 e. The number of benzene rings is 1. The van der Waals surface area contributed by atoms with E-state index < -0.39 is 0 Å². The molecule has 2 aliphatic rings. The SMILES string of the molecule is Cc1ccccc1OCC1=CSC2=C(C=CC2)O1. The summed E-state index contributed by atoms with van der Waals surface area (Å²) in [5.74, 6) is 2.76. The maximum absolute atomic E-state index is 5.78. The van der Waals surface area contributed by atoms with Crippen LogP contribution in [0.5, 0.6) is 5.75 Å². The molecule has 0 bridgehead atoms. The maximum atomic E-state index is 5.78. The monoisotopic (exact) mass is 258 g/mol. The van der Waals surface area contributed by atoms with Crippen LogP contribution in [0.2, 0.25) is 0 Å². The molecule has 1 aliphatic heterocycles. The van der Waals surface area contributed by atoms with Crippen molar-refractivity contribution < 1.29 is 9.47 Å². The van der Waals surface area contributed by atoms with E-state index in [9.17, 15) is 0 Å². The van der Waals surface area contributed by atoms with Crippen molar-refractivity contribution in [2.24, 2.45) is 0 Å². The molecule has 1 aromatic carbocycles. The number of rotatable bonds is 3. The van der Waals surface area contributed by atoms with Crippen molar-refractivity contribution in [2.75, 3.05) is 6.61 Å². The maximum Gasteiger partial charge on any atom is 0.148 e. The minimum absolute atomic E-state index is 0.475. The number of aryl methyl sites for hydroxylation is 1. The van der Waals surface area contributed by atoms with E-state index >= 15 is 0 Å². The number of allylic oxidation sites excluding steroid dienone is 3. The molecule has 0 aromatic heterocycles. The molecule has 0 amide bonds. The van der Waals surface area contributed by atoms with Gasteiger partial charge >= 0.3 is 0 Å². The van der Waals surface area contributed by atoms with E-state index in [-0.39, 0.29) is 0 Å². The van der Waals surface area contributed by atoms with Crippen LogP contribution in [-0.2, 0) is 4.74 Å². The van der Waals surface area contributed by atoms with Crippen LogP contribution in [0.15, 0.2) is 58.2 Å². The van der Waals surface area contributed by atoms with E-state index in [1.165, 1.54) is 4.91 Å². The lowest BCUT2D eigenvalue weighted by atomic mass is 10.2. The number of hydrogen-bond acceptors (Lipinski definition) is 3. The third kappa shape index (κ3) is 2.31. The Kier molecular flexibility index (Phi) is 3.15. The number of para-hydroxylation sites is 1. The fraction of sp³-hybridized carbons (Fsp3) is 0.200. The molecular weight excluding hydrogens is 244 g/mol. The molecular formula is C15H14O2S. The van der Waals surface area contributed by atoms with Crippen molar-refractivity contribution in [1.29, 1.82) is 0 Å². The number of hydrogen-bond donors (Lipinski definition) is 0. The molecule has 0 spiro atoms. The summed E-state index contributed by atoms with van der Waals surface area (Å²) in [6.45, 7) is 2.52. The second kappa shape index (κ2) is 4.94. The zero-order valence-corrected chi connectivity index (χ0v) is 11.0. The predicted octanol–water partition coefficient (Wildman–Crippen LogP) is 4.15. The molecule has 2 nitrogen and oxygen atoms in total. The van der Waals surface area contributed by atoms with Crippen molar-refractivity contribution in [2.45, 2.75) is 13.3 Å². The molecule has 1 aromatic rings. The normalized spacial score (nSPS) is 17.3. The van der Waals surface area contributed by atoms with Crippen molar-refractivity contribution in [3.63, 3.8) is 0 Å². The van der Waals surface area contributed by atoms with Crippen LogP contribution in [0.1, 0.15) is 12.0 Å². The fourth-order valence-corrected chi connectivity index (χ4v) is 2.70. The number of ether oxygens (including phenoxy) is 2. The molecule has 0 atom stereocenters. The number of thioether (sulfide) groups is 1. The molecule has 0 saturated heterocycles. The Morgan fingerprint density at radius 1 is 1.33 bits per heavy atom. The highest BCUT2D eigenvalue weighted by Crippen LogP contribution is 2.37. The van der Waals surface area contributed by atoms with Gasteiger partial charge in [-0.3, -0.25) is 0 Å². The minimum Gasteiger partial charge on any atom is -0.485 e. The first-order valence-electron chi connectivity index (χ1n) is 5.94. The molecule has 92 valence electrons. The van der Waals surface area contributed by atoms with Crippen LogP contribution in [-0.4, -0.2) is 6.61 Å². The molecule has 1 heterocycles. The van der Waals surface area contributed by atoms with Gasteiger partial charge in [0.05, 0.1) is 0 Å². The van der Waals surface area contributed by atoms with Crippen molar-refractivity contribution >= 4 is 11.8 Å². The Hall–Kier alpha value is -1.61. The molecule has 0 saturated carbocycles. The second-order valence-corrected chi connectivity index (χ2v) is 5.22. The Labute approximate surface area is 111 Å². The van der Waals surface area contributed by atoms with E-state index in [2.05, 4.69) is 6.08 Å². The van der Waals surface area contributed by atoms with Gasteiger partial charge in [0, 0.05) is 16.7 Å². The van der Waals surface area contributed by atoms with E-state index in [4.69, 9.17) is 9.47 Å². The zero-order valence-electron chi connectivity index (χ0n) is 10.2. The van der Waals surface area contributed by atoms with Crippen molar-refractivity contribution in [1.82, 2.24) is 0 Å². The van der Waals surface area contributed by atoms with Crippen LogP contribution >= 0.6 is 11.8 Å². The Bertz CT molecular complexity index is 555. The molecule has 3 heteroatoms. The second-order valence-electron chi connectivity index (χ2n) is 4.25. The summed E-state index contributed by atoms with van der Waals surface area (Å²) in [6, 6.07) is 8.01. The van der Waals surface area contributed by atoms with Crippen LogP contribution < -0.4 is 4.74 Å². The van der Waals surface area contributed by atoms with Crippen molar-refractivity contribution in [3.8, 4) is 5.75 Å². The molecule has 1 aliphatic carbocycles. The summed E-state index contributed by atoms with van der Waals surface area (Å²) in [6.07, 6.45) is 5.14. The van der Waals surface area contributed by atoms with Gasteiger partial charge in [0.25, 0.3) is 0 Å². The average Bonchev–Trinajstić information content (AvgIpc) is 2.85. The Morgan fingerprint density at radius 3 is 3.11 bits per heavy atom. The van der Waals surface area contributed by atoms with Gasteiger partial charge in [-0.15, -0.1) is 0 Å². The van der Waals surface area contributed by atoms with Gasteiger partial charge in [-0.25, -0.2) is 0 Å². The first kappa shape index (κ1) is 11.5. The topological polar surface area (TPSA) is 18.5 Å². The third-order valence-electron chi connectivity index (χ3n) is 2.88. The van der Waals surface area contributed by atoms with Gasteiger partial charge in [-0.1, -0.05) is 36.0 Å². The van der Waals surface area contributed by atoms with Gasteiger partial charge < -0.3 is 9.47 Å². The van der Waals surface area contributed by atoms with Gasteiger partial charge in [0.15, 0.2) is 0 Å². The lowest BCUT2D eigenvalue weighted by molar-refractivity contribution is 0.234. The van der Waals surface area contributed by atoms with Crippen LogP contribution in [0.3, 0.4) is 0 Å². The van der Waals surface area contributed by atoms with Gasteiger partial charge in [0.2, 0.25) is 0 Å². The highest BCUT2D eigenvalue weighted by Gasteiger charge is 2.17. The van der Waals surface area contributed by atoms with Crippen LogP contribution in [0.4, 0.5) is 0 Å². The predicted molar refractivity (Wildman–Crippen MR) is 74.2 cm³/mol. The first-order chi connectivity index (χ1) is 8.83. The highest BCUT2D eigenvalue weighted by atomic mass is 32.2. The van der Waals surface area contributed by atoms with E-state index in [0.29, 0.717) is 6.61 Å². The fourth-order valence-electron chi connectivity index (χ4n) is 1.90. The standard InChI is InChI=1S/C15H14O2S/c1-11-5-2-3-6-13(11)16-9-12-10-18-15-8-4-7-14(15)17-12/h2-7,10H,8-9H2,1H3. The summed E-state index contributed by atoms with van der Waals surface area (Å²) < 4.78 is 11.6. The molecule has 0 unspecified atom stereocenters. The molecule has 0 radical (unpaired) electrons. The largest absolute Gasteiger partial charge is 0.485 e. The van der Waals surface area contributed by atoms with Crippen LogP contribution in [0.25, 0.3) is 0 Å². The molecule has 0 N–H and O–H groups in total. The zero-order chi connectivity index (χ0) is 12.4. The van der Waals surface area contributed by atoms with Gasteiger partial charge in [0.1, 0.15) is 23.9 Å². The summed E-state index contributed by atoms with van der Waals surface area (Å²) >= 11 is 1.73. The summed E-state index contributed by atoms with van der Waals surface area (Å²) in [4.78, 5) is 1.29. The minimum atomic E-state index is 0.475.